The van der Waals surface area contributed by atoms with E-state index in [1.807, 2.05) is 18.2 Å². The number of nitrogens with one attached hydrogen (secondary N) is 1. The van der Waals surface area contributed by atoms with Crippen molar-refractivity contribution in [3.05, 3.63) is 53.6 Å². The van der Waals surface area contributed by atoms with Gasteiger partial charge >= 0.3 is 0 Å². The normalized spacial score (nSPS) is 11.8. The van der Waals surface area contributed by atoms with Crippen molar-refractivity contribution in [3.63, 3.8) is 0 Å². The number of rotatable bonds is 6. The molecule has 0 spiro atoms. The molecule has 0 heterocycles. The first-order chi connectivity index (χ1) is 10.2. The first kappa shape index (κ1) is 15.2. The van der Waals surface area contributed by atoms with Crippen molar-refractivity contribution in [2.24, 2.45) is 0 Å². The summed E-state index contributed by atoms with van der Waals surface area (Å²) >= 11 is 0. The topological polar surface area (TPSA) is 30.5 Å². The Labute approximate surface area is 126 Å². The summed E-state index contributed by atoms with van der Waals surface area (Å²) in [5.74, 6) is 1.70. The Balaban J connectivity index is 2.29. The van der Waals surface area contributed by atoms with Gasteiger partial charge in [0.1, 0.15) is 11.5 Å². The minimum absolute atomic E-state index is 0.128. The molecule has 0 fully saturated rings. The van der Waals surface area contributed by atoms with Crippen molar-refractivity contribution in [2.45, 2.75) is 26.3 Å². The van der Waals surface area contributed by atoms with Gasteiger partial charge < -0.3 is 14.8 Å². The fraction of sp³-hybridized carbons (Fsp3) is 0.333. The first-order valence-corrected chi connectivity index (χ1v) is 7.26. The van der Waals surface area contributed by atoms with Gasteiger partial charge in [0.25, 0.3) is 0 Å². The van der Waals surface area contributed by atoms with Crippen molar-refractivity contribution in [3.8, 4) is 11.5 Å². The van der Waals surface area contributed by atoms with Crippen LogP contribution in [0.5, 0.6) is 11.5 Å². The van der Waals surface area contributed by atoms with Gasteiger partial charge in [-0.3, -0.25) is 0 Å². The van der Waals surface area contributed by atoms with Crippen LogP contribution in [0.2, 0.25) is 0 Å². The van der Waals surface area contributed by atoms with Gasteiger partial charge in [-0.1, -0.05) is 25.1 Å². The average Bonchev–Trinajstić information content (AvgIpc) is 2.54. The van der Waals surface area contributed by atoms with Gasteiger partial charge in [-0.2, -0.15) is 0 Å². The minimum Gasteiger partial charge on any atom is -0.497 e. The summed E-state index contributed by atoms with van der Waals surface area (Å²) in [7, 11) is 3.37. The maximum atomic E-state index is 5.46. The zero-order valence-corrected chi connectivity index (χ0v) is 13.1. The van der Waals surface area contributed by atoms with Gasteiger partial charge in [-0.25, -0.2) is 0 Å². The molecule has 1 atom stereocenters. The molecule has 0 amide bonds. The van der Waals surface area contributed by atoms with Gasteiger partial charge in [-0.05, 0) is 43.2 Å². The molecule has 0 aromatic heterocycles. The molecular formula is C18H23NO2. The van der Waals surface area contributed by atoms with Crippen molar-refractivity contribution in [2.75, 3.05) is 19.5 Å². The summed E-state index contributed by atoms with van der Waals surface area (Å²) in [5.41, 5.74) is 3.56. The van der Waals surface area contributed by atoms with Crippen LogP contribution in [0.1, 0.15) is 31.0 Å². The standard InChI is InChI=1S/C18H23NO2/c1-5-14-8-6-7-9-17(14)19-13(2)16-12-15(20-3)10-11-18(16)21-4/h6-13,19H,5H2,1-4H3. The smallest absolute Gasteiger partial charge is 0.124 e. The maximum absolute atomic E-state index is 5.46. The molecule has 0 aliphatic rings. The molecule has 3 heteroatoms. The number of anilines is 1. The maximum Gasteiger partial charge on any atom is 0.124 e. The molecule has 112 valence electrons. The highest BCUT2D eigenvalue weighted by Crippen LogP contribution is 2.32. The predicted molar refractivity (Wildman–Crippen MR) is 87.4 cm³/mol. The minimum atomic E-state index is 0.128. The molecular weight excluding hydrogens is 262 g/mol. The van der Waals surface area contributed by atoms with Crippen LogP contribution in [0.3, 0.4) is 0 Å². The van der Waals surface area contributed by atoms with E-state index in [4.69, 9.17) is 9.47 Å². The van der Waals surface area contributed by atoms with E-state index in [-0.39, 0.29) is 6.04 Å². The van der Waals surface area contributed by atoms with Crippen LogP contribution in [-0.4, -0.2) is 14.2 Å². The lowest BCUT2D eigenvalue weighted by Gasteiger charge is -2.20. The molecule has 2 aromatic rings. The number of aryl methyl sites for hydroxylation is 1. The molecule has 1 unspecified atom stereocenters. The predicted octanol–water partition coefficient (Wildman–Crippen LogP) is 4.44. The molecule has 0 saturated carbocycles. The van der Waals surface area contributed by atoms with Crippen LogP contribution in [0, 0.1) is 0 Å². The molecule has 0 saturated heterocycles. The summed E-state index contributed by atoms with van der Waals surface area (Å²) in [5, 5.41) is 3.57. The molecule has 0 radical (unpaired) electrons. The monoisotopic (exact) mass is 285 g/mol. The van der Waals surface area contributed by atoms with Crippen LogP contribution >= 0.6 is 0 Å². The summed E-state index contributed by atoms with van der Waals surface area (Å²) in [6.07, 6.45) is 1.01. The van der Waals surface area contributed by atoms with E-state index in [0.29, 0.717) is 0 Å². The van der Waals surface area contributed by atoms with E-state index in [2.05, 4.69) is 43.4 Å². The Morgan fingerprint density at radius 3 is 2.48 bits per heavy atom. The molecule has 2 rings (SSSR count). The van der Waals surface area contributed by atoms with Crippen LogP contribution in [-0.2, 0) is 6.42 Å². The van der Waals surface area contributed by atoms with E-state index in [9.17, 15) is 0 Å². The lowest BCUT2D eigenvalue weighted by molar-refractivity contribution is 0.397. The third-order valence-corrected chi connectivity index (χ3v) is 3.67. The van der Waals surface area contributed by atoms with E-state index in [1.165, 1.54) is 5.56 Å². The molecule has 21 heavy (non-hydrogen) atoms. The number of benzene rings is 2. The van der Waals surface area contributed by atoms with Gasteiger partial charge in [0, 0.05) is 11.3 Å². The molecule has 0 bridgehead atoms. The zero-order valence-electron chi connectivity index (χ0n) is 13.1. The Bertz CT molecular complexity index is 596. The number of para-hydroxylation sites is 1. The Morgan fingerprint density at radius 2 is 1.81 bits per heavy atom. The van der Waals surface area contributed by atoms with Crippen molar-refractivity contribution in [1.29, 1.82) is 0 Å². The van der Waals surface area contributed by atoms with Crippen LogP contribution in [0.4, 0.5) is 5.69 Å². The fourth-order valence-electron chi connectivity index (χ4n) is 2.46. The highest BCUT2D eigenvalue weighted by Gasteiger charge is 2.13. The first-order valence-electron chi connectivity index (χ1n) is 7.26. The second-order valence-corrected chi connectivity index (χ2v) is 4.98. The highest BCUT2D eigenvalue weighted by atomic mass is 16.5. The lowest BCUT2D eigenvalue weighted by atomic mass is 10.0. The second-order valence-electron chi connectivity index (χ2n) is 4.98. The Morgan fingerprint density at radius 1 is 1.05 bits per heavy atom. The molecule has 0 aliphatic heterocycles. The fourth-order valence-corrected chi connectivity index (χ4v) is 2.46. The van der Waals surface area contributed by atoms with Crippen LogP contribution < -0.4 is 14.8 Å². The molecule has 3 nitrogen and oxygen atoms in total. The molecule has 2 aromatic carbocycles. The van der Waals surface area contributed by atoms with Gasteiger partial charge in [0.05, 0.1) is 20.3 Å². The Kier molecular flexibility index (Phi) is 5.09. The third-order valence-electron chi connectivity index (χ3n) is 3.67. The summed E-state index contributed by atoms with van der Waals surface area (Å²) in [6.45, 7) is 4.29. The van der Waals surface area contributed by atoms with Gasteiger partial charge in [0.2, 0.25) is 0 Å². The zero-order chi connectivity index (χ0) is 15.2. The average molecular weight is 285 g/mol. The summed E-state index contributed by atoms with van der Waals surface area (Å²) in [6, 6.07) is 14.4. The summed E-state index contributed by atoms with van der Waals surface area (Å²) in [4.78, 5) is 0. The second kappa shape index (κ2) is 7.02. The number of methoxy groups -OCH3 is 2. The summed E-state index contributed by atoms with van der Waals surface area (Å²) < 4.78 is 10.8. The van der Waals surface area contributed by atoms with E-state index in [1.54, 1.807) is 14.2 Å². The lowest BCUT2D eigenvalue weighted by Crippen LogP contribution is -2.10. The highest BCUT2D eigenvalue weighted by molar-refractivity contribution is 5.54. The SMILES string of the molecule is CCc1ccccc1NC(C)c1cc(OC)ccc1OC. The van der Waals surface area contributed by atoms with Crippen LogP contribution in [0.15, 0.2) is 42.5 Å². The quantitative estimate of drug-likeness (QED) is 0.851. The molecule has 0 aliphatic carbocycles. The van der Waals surface area contributed by atoms with E-state index in [0.717, 1.165) is 29.2 Å². The van der Waals surface area contributed by atoms with Crippen molar-refractivity contribution < 1.29 is 9.47 Å². The third kappa shape index (κ3) is 3.48. The largest absolute Gasteiger partial charge is 0.497 e. The molecule has 1 N–H and O–H groups in total. The van der Waals surface area contributed by atoms with Crippen molar-refractivity contribution in [1.82, 2.24) is 0 Å². The number of hydrogen-bond acceptors (Lipinski definition) is 3. The van der Waals surface area contributed by atoms with E-state index >= 15 is 0 Å². The van der Waals surface area contributed by atoms with E-state index < -0.39 is 0 Å². The van der Waals surface area contributed by atoms with Gasteiger partial charge in [0.15, 0.2) is 0 Å². The number of hydrogen-bond donors (Lipinski definition) is 1. The van der Waals surface area contributed by atoms with Crippen LogP contribution in [0.25, 0.3) is 0 Å². The number of ether oxygens (including phenoxy) is 2. The Hall–Kier alpha value is -2.16. The van der Waals surface area contributed by atoms with Crippen molar-refractivity contribution >= 4 is 5.69 Å². The van der Waals surface area contributed by atoms with Gasteiger partial charge in [-0.15, -0.1) is 0 Å².